The molecule has 7 heteroatoms. The second-order valence-electron chi connectivity index (χ2n) is 12.3. The number of rotatable bonds is 7. The van der Waals surface area contributed by atoms with Crippen molar-refractivity contribution in [2.75, 3.05) is 27.2 Å². The van der Waals surface area contributed by atoms with Crippen LogP contribution >= 0.6 is 0 Å². The molecule has 2 saturated carbocycles. The van der Waals surface area contributed by atoms with Crippen LogP contribution in [0.25, 0.3) is 0 Å². The number of hydrogen-bond donors (Lipinski definition) is 2. The van der Waals surface area contributed by atoms with Gasteiger partial charge in [0.2, 0.25) is 5.91 Å². The van der Waals surface area contributed by atoms with E-state index in [0.717, 1.165) is 48.7 Å². The fourth-order valence-corrected chi connectivity index (χ4v) is 8.29. The van der Waals surface area contributed by atoms with Gasteiger partial charge in [-0.05, 0) is 86.7 Å². The number of ether oxygens (including phenoxy) is 2. The first-order chi connectivity index (χ1) is 18.4. The maximum Gasteiger partial charge on any atom is 0.223 e. The third-order valence-corrected chi connectivity index (χ3v) is 10.4. The van der Waals surface area contributed by atoms with Gasteiger partial charge in [-0.25, -0.2) is 0 Å². The Kier molecular flexibility index (Phi) is 5.51. The van der Waals surface area contributed by atoms with Crippen molar-refractivity contribution in [2.45, 2.75) is 80.6 Å². The smallest absolute Gasteiger partial charge is 0.223 e. The van der Waals surface area contributed by atoms with Crippen LogP contribution in [0.4, 0.5) is 0 Å². The van der Waals surface area contributed by atoms with E-state index in [1.54, 1.807) is 13.2 Å². The molecule has 1 spiro atoms. The first-order valence-electron chi connectivity index (χ1n) is 14.2. The number of phenolic OH excluding ortho intramolecular Hbond substituents is 1. The van der Waals surface area contributed by atoms with Crippen LogP contribution in [0.5, 0.6) is 17.2 Å². The lowest BCUT2D eigenvalue weighted by Gasteiger charge is -2.64. The molecule has 38 heavy (non-hydrogen) atoms. The van der Waals surface area contributed by atoms with Gasteiger partial charge in [-0.15, -0.1) is 0 Å². The summed E-state index contributed by atoms with van der Waals surface area (Å²) in [6.07, 6.45) is 6.11. The molecule has 7 rings (SSSR count). The molecule has 3 aliphatic carbocycles. The van der Waals surface area contributed by atoms with Crippen LogP contribution in [-0.4, -0.2) is 77.0 Å². The molecule has 2 aromatic carbocycles. The summed E-state index contributed by atoms with van der Waals surface area (Å²) in [6, 6.07) is 11.5. The van der Waals surface area contributed by atoms with E-state index in [1.807, 2.05) is 42.3 Å². The Hall–Kier alpha value is -2.77. The second-order valence-corrected chi connectivity index (χ2v) is 12.3. The van der Waals surface area contributed by atoms with Crippen molar-refractivity contribution in [3.8, 4) is 17.2 Å². The van der Waals surface area contributed by atoms with Crippen LogP contribution < -0.4 is 9.47 Å². The predicted octanol–water partition coefficient (Wildman–Crippen LogP) is 3.42. The number of likely N-dealkylation sites (tertiary alicyclic amines) is 1. The van der Waals surface area contributed by atoms with Crippen molar-refractivity contribution in [1.82, 2.24) is 9.80 Å². The highest BCUT2D eigenvalue weighted by atomic mass is 16.5. The number of aryl methyl sites for hydroxylation is 1. The maximum atomic E-state index is 13.5. The summed E-state index contributed by atoms with van der Waals surface area (Å²) in [7, 11) is 3.53. The summed E-state index contributed by atoms with van der Waals surface area (Å²) in [5.41, 5.74) is 1.72. The Labute approximate surface area is 224 Å². The number of benzene rings is 2. The molecule has 2 aliphatic heterocycles. The van der Waals surface area contributed by atoms with Gasteiger partial charge in [0.05, 0.1) is 24.2 Å². The van der Waals surface area contributed by atoms with Crippen molar-refractivity contribution in [3.63, 3.8) is 0 Å². The lowest BCUT2D eigenvalue weighted by atomic mass is 9.48. The SMILES string of the molecule is COc1cccc(CCC(=O)N(C)C2CC[C@@]3(O)[C@H]4Cc5ccc(O)c6c5[C@@]3(CCN4CC3CC3)C2O6)c1. The number of nitrogens with zero attached hydrogens (tertiary/aromatic N) is 2. The first-order valence-corrected chi connectivity index (χ1v) is 14.2. The fourth-order valence-electron chi connectivity index (χ4n) is 8.29. The predicted molar refractivity (Wildman–Crippen MR) is 143 cm³/mol. The molecule has 2 aromatic rings. The number of methoxy groups -OCH3 is 1. The molecule has 5 atom stereocenters. The van der Waals surface area contributed by atoms with Crippen LogP contribution in [-0.2, 0) is 23.1 Å². The van der Waals surface area contributed by atoms with E-state index in [-0.39, 0.29) is 29.8 Å². The molecule has 3 fully saturated rings. The van der Waals surface area contributed by atoms with Crippen molar-refractivity contribution in [1.29, 1.82) is 0 Å². The molecule has 202 valence electrons. The van der Waals surface area contributed by atoms with E-state index in [0.29, 0.717) is 31.4 Å². The van der Waals surface area contributed by atoms with Crippen LogP contribution in [0.2, 0.25) is 0 Å². The van der Waals surface area contributed by atoms with E-state index in [9.17, 15) is 15.0 Å². The number of likely N-dealkylation sites (N-methyl/N-ethyl adjacent to an activating group) is 1. The number of aromatic hydroxyl groups is 1. The topological polar surface area (TPSA) is 82.5 Å². The van der Waals surface area contributed by atoms with Gasteiger partial charge in [0.15, 0.2) is 11.5 Å². The van der Waals surface area contributed by atoms with Gasteiger partial charge in [-0.1, -0.05) is 18.2 Å². The second kappa shape index (κ2) is 8.62. The third kappa shape index (κ3) is 3.37. The molecular formula is C31H38N2O5. The van der Waals surface area contributed by atoms with Gasteiger partial charge in [0.1, 0.15) is 11.9 Å². The van der Waals surface area contributed by atoms with E-state index in [1.165, 1.54) is 18.4 Å². The van der Waals surface area contributed by atoms with Gasteiger partial charge < -0.3 is 24.6 Å². The molecule has 0 aromatic heterocycles. The summed E-state index contributed by atoms with van der Waals surface area (Å²) in [6.45, 7) is 1.97. The molecule has 7 nitrogen and oxygen atoms in total. The fraction of sp³-hybridized carbons (Fsp3) is 0.581. The molecule has 1 saturated heterocycles. The Morgan fingerprint density at radius 2 is 2.05 bits per heavy atom. The summed E-state index contributed by atoms with van der Waals surface area (Å²) in [5.74, 6) is 2.29. The largest absolute Gasteiger partial charge is 0.504 e. The van der Waals surface area contributed by atoms with E-state index < -0.39 is 11.0 Å². The average molecular weight is 519 g/mol. The lowest BCUT2D eigenvalue weighted by molar-refractivity contribution is -0.200. The zero-order valence-electron chi connectivity index (χ0n) is 22.4. The van der Waals surface area contributed by atoms with Gasteiger partial charge >= 0.3 is 0 Å². The van der Waals surface area contributed by atoms with Gasteiger partial charge in [0.25, 0.3) is 0 Å². The monoisotopic (exact) mass is 518 g/mol. The maximum absolute atomic E-state index is 13.5. The zero-order valence-corrected chi connectivity index (χ0v) is 22.4. The van der Waals surface area contributed by atoms with E-state index >= 15 is 0 Å². The average Bonchev–Trinajstić information content (AvgIpc) is 3.67. The summed E-state index contributed by atoms with van der Waals surface area (Å²) < 4.78 is 12.0. The number of carbonyl (C=O) groups is 1. The molecule has 2 bridgehead atoms. The Morgan fingerprint density at radius 3 is 2.84 bits per heavy atom. The number of carbonyl (C=O) groups excluding carboxylic acids is 1. The highest BCUT2D eigenvalue weighted by Gasteiger charge is 2.73. The standard InChI is InChI=1S/C31H38N2O5/c1-32(26(35)11-8-19-4-3-5-22(16-19)37-2)23-12-13-31(36)25-17-21-9-10-24(34)28-27(21)30(31,29(23)38-28)14-15-33(25)18-20-6-7-20/h3-5,9-10,16,20,23,25,29,34,36H,6-8,11-15,17-18H2,1-2H3/t23?,25-,29?,30+,31-/m1/s1. The summed E-state index contributed by atoms with van der Waals surface area (Å²) in [4.78, 5) is 17.9. The molecular weight excluding hydrogens is 480 g/mol. The third-order valence-electron chi connectivity index (χ3n) is 10.4. The van der Waals surface area contributed by atoms with Crippen LogP contribution in [0.15, 0.2) is 36.4 Å². The van der Waals surface area contributed by atoms with Crippen molar-refractivity contribution < 1.29 is 24.5 Å². The quantitative estimate of drug-likeness (QED) is 0.585. The number of amides is 1. The van der Waals surface area contributed by atoms with E-state index in [2.05, 4.69) is 4.90 Å². The number of aliphatic hydroxyl groups is 1. The highest BCUT2D eigenvalue weighted by Crippen LogP contribution is 2.66. The van der Waals surface area contributed by atoms with Crippen molar-refractivity contribution in [2.24, 2.45) is 5.92 Å². The minimum atomic E-state index is -0.933. The Morgan fingerprint density at radius 1 is 1.21 bits per heavy atom. The number of hydrogen-bond acceptors (Lipinski definition) is 6. The zero-order chi connectivity index (χ0) is 26.2. The number of phenols is 1. The Bertz CT molecular complexity index is 1280. The Balaban J connectivity index is 1.19. The van der Waals surface area contributed by atoms with Crippen molar-refractivity contribution >= 4 is 5.91 Å². The molecule has 5 aliphatic rings. The summed E-state index contributed by atoms with van der Waals surface area (Å²) in [5, 5.41) is 23.5. The van der Waals surface area contributed by atoms with Gasteiger partial charge in [-0.2, -0.15) is 0 Å². The molecule has 0 radical (unpaired) electrons. The van der Waals surface area contributed by atoms with Gasteiger partial charge in [-0.3, -0.25) is 9.69 Å². The normalized spacial score (nSPS) is 32.9. The van der Waals surface area contributed by atoms with Crippen LogP contribution in [0.1, 0.15) is 55.2 Å². The molecule has 1 amide bonds. The minimum Gasteiger partial charge on any atom is -0.504 e. The molecule has 2 unspecified atom stereocenters. The van der Waals surface area contributed by atoms with Crippen LogP contribution in [0.3, 0.4) is 0 Å². The number of piperidine rings is 1. The van der Waals surface area contributed by atoms with Crippen molar-refractivity contribution in [3.05, 3.63) is 53.1 Å². The minimum absolute atomic E-state index is 0.0426. The first kappa shape index (κ1) is 24.3. The van der Waals surface area contributed by atoms with E-state index in [4.69, 9.17) is 9.47 Å². The highest BCUT2D eigenvalue weighted by molar-refractivity contribution is 5.77. The lowest BCUT2D eigenvalue weighted by Crippen LogP contribution is -2.78. The van der Waals surface area contributed by atoms with Gasteiger partial charge in [0, 0.05) is 31.6 Å². The molecule has 2 heterocycles. The van der Waals surface area contributed by atoms with Crippen LogP contribution in [0, 0.1) is 5.92 Å². The molecule has 2 N–H and O–H groups in total. The summed E-state index contributed by atoms with van der Waals surface area (Å²) >= 11 is 0.